The van der Waals surface area contributed by atoms with Crippen molar-refractivity contribution in [1.29, 1.82) is 0 Å². The number of H-pyrrole nitrogens is 1. The molecule has 20 heavy (non-hydrogen) atoms. The fourth-order valence-corrected chi connectivity index (χ4v) is 3.36. The minimum atomic E-state index is -0.258. The zero-order valence-electron chi connectivity index (χ0n) is 12.2. The van der Waals surface area contributed by atoms with Crippen molar-refractivity contribution in [2.45, 2.75) is 34.2 Å². The lowest BCUT2D eigenvalue weighted by molar-refractivity contribution is 0.253. The maximum Gasteiger partial charge on any atom is 0.178 e. The smallest absolute Gasteiger partial charge is 0.178 e. The van der Waals surface area contributed by atoms with Crippen molar-refractivity contribution in [2.75, 3.05) is 0 Å². The number of aromatic nitrogens is 2. The first-order chi connectivity index (χ1) is 9.31. The van der Waals surface area contributed by atoms with Crippen molar-refractivity contribution in [3.8, 4) is 0 Å². The minimum Gasteiger partial charge on any atom is -0.331 e. The summed E-state index contributed by atoms with van der Waals surface area (Å²) in [6.07, 6.45) is 0. The molecule has 0 saturated heterocycles. The van der Waals surface area contributed by atoms with Gasteiger partial charge < -0.3 is 9.55 Å². The first-order valence-corrected chi connectivity index (χ1v) is 8.09. The van der Waals surface area contributed by atoms with Crippen LogP contribution in [0.2, 0.25) is 0 Å². The van der Waals surface area contributed by atoms with Crippen LogP contribution in [0.3, 0.4) is 0 Å². The Morgan fingerprint density at radius 2 is 1.85 bits per heavy atom. The average Bonchev–Trinajstić information content (AvgIpc) is 2.61. The van der Waals surface area contributed by atoms with Crippen LogP contribution in [0, 0.1) is 28.3 Å². The molecule has 0 fully saturated rings. The number of nitrogens with zero attached hydrogens (tertiary/aromatic N) is 1. The average molecular weight is 359 g/mol. The number of benzene rings is 1. The van der Waals surface area contributed by atoms with Gasteiger partial charge in [0.1, 0.15) is 5.82 Å². The van der Waals surface area contributed by atoms with Gasteiger partial charge in [0.15, 0.2) is 4.77 Å². The van der Waals surface area contributed by atoms with Crippen LogP contribution in [0.5, 0.6) is 0 Å². The Morgan fingerprint density at radius 1 is 1.25 bits per heavy atom. The van der Waals surface area contributed by atoms with E-state index in [4.69, 9.17) is 12.2 Å². The van der Waals surface area contributed by atoms with Gasteiger partial charge in [-0.1, -0.05) is 27.7 Å². The summed E-state index contributed by atoms with van der Waals surface area (Å²) in [6.45, 7) is 9.70. The zero-order chi connectivity index (χ0) is 15.0. The molecule has 1 heterocycles. The Morgan fingerprint density at radius 3 is 2.40 bits per heavy atom. The number of aromatic amines is 1. The summed E-state index contributed by atoms with van der Waals surface area (Å²) in [5, 5.41) is 0. The molecule has 0 amide bonds. The monoisotopic (exact) mass is 358 g/mol. The van der Waals surface area contributed by atoms with Gasteiger partial charge in [-0.15, -0.1) is 0 Å². The highest BCUT2D eigenvalue weighted by Gasteiger charge is 2.20. The Bertz CT molecular complexity index is 664. The molecule has 0 atom stereocenters. The van der Waals surface area contributed by atoms with E-state index in [1.165, 1.54) is 0 Å². The third kappa shape index (κ3) is 2.98. The highest BCUT2D eigenvalue weighted by Crippen LogP contribution is 2.27. The third-order valence-corrected chi connectivity index (χ3v) is 4.85. The van der Waals surface area contributed by atoms with E-state index in [9.17, 15) is 4.39 Å². The Hall–Kier alpha value is -0.680. The summed E-state index contributed by atoms with van der Waals surface area (Å²) in [7, 11) is 0. The summed E-state index contributed by atoms with van der Waals surface area (Å²) in [4.78, 5) is 3.16. The van der Waals surface area contributed by atoms with Crippen LogP contribution in [0.15, 0.2) is 16.6 Å². The number of halogens is 2. The molecule has 0 aliphatic rings. The molecule has 0 saturated carbocycles. The van der Waals surface area contributed by atoms with Gasteiger partial charge in [0, 0.05) is 12.6 Å². The van der Waals surface area contributed by atoms with E-state index in [0.717, 1.165) is 17.6 Å². The number of hydrogen-bond acceptors (Lipinski definition) is 1. The van der Waals surface area contributed by atoms with E-state index in [-0.39, 0.29) is 5.82 Å². The van der Waals surface area contributed by atoms with Crippen LogP contribution in [0.4, 0.5) is 4.39 Å². The quantitative estimate of drug-likeness (QED) is 0.712. The fourth-order valence-electron chi connectivity index (χ4n) is 2.74. The van der Waals surface area contributed by atoms with E-state index < -0.39 is 0 Å². The molecular formula is C15H20BrFN2S. The Labute approximate surface area is 132 Å². The number of imidazole rings is 1. The molecular weight excluding hydrogens is 339 g/mol. The van der Waals surface area contributed by atoms with Gasteiger partial charge in [-0.3, -0.25) is 0 Å². The van der Waals surface area contributed by atoms with E-state index in [1.807, 2.05) is 4.57 Å². The zero-order valence-corrected chi connectivity index (χ0v) is 14.6. The van der Waals surface area contributed by atoms with Gasteiger partial charge in [0.25, 0.3) is 0 Å². The molecule has 0 aliphatic carbocycles. The fraction of sp³-hybridized carbons (Fsp3) is 0.533. The summed E-state index contributed by atoms with van der Waals surface area (Å²) in [6, 6.07) is 3.29. The molecule has 5 heteroatoms. The first-order valence-electron chi connectivity index (χ1n) is 6.88. The van der Waals surface area contributed by atoms with E-state index in [2.05, 4.69) is 48.6 Å². The highest BCUT2D eigenvalue weighted by molar-refractivity contribution is 9.10. The van der Waals surface area contributed by atoms with Crippen LogP contribution in [-0.4, -0.2) is 9.55 Å². The van der Waals surface area contributed by atoms with E-state index in [0.29, 0.717) is 27.0 Å². The van der Waals surface area contributed by atoms with E-state index in [1.54, 1.807) is 12.1 Å². The normalized spacial score (nSPS) is 12.2. The lowest BCUT2D eigenvalue weighted by Gasteiger charge is -2.25. The Kier molecular flexibility index (Phi) is 4.69. The van der Waals surface area contributed by atoms with Gasteiger partial charge >= 0.3 is 0 Å². The standard InChI is InChI=1S/C15H20BrFN2S/c1-8(2)10(9(3)4)7-19-14-6-12(17)11(16)5-13(14)18-15(19)20/h5-6,8-10H,7H2,1-4H3,(H,18,20). The largest absolute Gasteiger partial charge is 0.331 e. The van der Waals surface area contributed by atoms with Crippen LogP contribution in [-0.2, 0) is 6.54 Å². The maximum absolute atomic E-state index is 13.8. The summed E-state index contributed by atoms with van der Waals surface area (Å²) < 4.78 is 16.9. The molecule has 2 aromatic rings. The van der Waals surface area contributed by atoms with Crippen molar-refractivity contribution < 1.29 is 4.39 Å². The molecule has 110 valence electrons. The second-order valence-electron chi connectivity index (χ2n) is 5.98. The van der Waals surface area contributed by atoms with Gasteiger partial charge in [-0.2, -0.15) is 0 Å². The number of rotatable bonds is 4. The highest BCUT2D eigenvalue weighted by atomic mass is 79.9. The molecule has 2 nitrogen and oxygen atoms in total. The van der Waals surface area contributed by atoms with Crippen molar-refractivity contribution >= 4 is 39.2 Å². The van der Waals surface area contributed by atoms with Gasteiger partial charge in [-0.25, -0.2) is 4.39 Å². The number of hydrogen-bond donors (Lipinski definition) is 1. The third-order valence-electron chi connectivity index (χ3n) is 3.92. The molecule has 1 N–H and O–H groups in total. The number of fused-ring (bicyclic) bond motifs is 1. The van der Waals surface area contributed by atoms with Gasteiger partial charge in [0.05, 0.1) is 15.5 Å². The van der Waals surface area contributed by atoms with Crippen molar-refractivity contribution in [3.05, 3.63) is 27.2 Å². The van der Waals surface area contributed by atoms with E-state index >= 15 is 0 Å². The van der Waals surface area contributed by atoms with Crippen LogP contribution in [0.25, 0.3) is 11.0 Å². The Balaban J connectivity index is 2.51. The van der Waals surface area contributed by atoms with Gasteiger partial charge in [-0.05, 0) is 52.0 Å². The molecule has 0 spiro atoms. The van der Waals surface area contributed by atoms with Crippen LogP contribution < -0.4 is 0 Å². The second-order valence-corrected chi connectivity index (χ2v) is 7.22. The van der Waals surface area contributed by atoms with Crippen molar-refractivity contribution in [2.24, 2.45) is 17.8 Å². The summed E-state index contributed by atoms with van der Waals surface area (Å²) in [5.74, 6) is 1.36. The molecule has 1 aromatic carbocycles. The molecule has 0 radical (unpaired) electrons. The molecule has 1 aromatic heterocycles. The topological polar surface area (TPSA) is 20.7 Å². The SMILES string of the molecule is CC(C)C(Cn1c(=S)[nH]c2cc(Br)c(F)cc21)C(C)C. The molecule has 0 unspecified atom stereocenters. The summed E-state index contributed by atoms with van der Waals surface area (Å²) >= 11 is 8.61. The first kappa shape index (κ1) is 15.7. The lowest BCUT2D eigenvalue weighted by Crippen LogP contribution is -2.21. The summed E-state index contributed by atoms with van der Waals surface area (Å²) in [5.41, 5.74) is 1.71. The molecule has 2 rings (SSSR count). The minimum absolute atomic E-state index is 0.258. The van der Waals surface area contributed by atoms with Gasteiger partial charge in [0.2, 0.25) is 0 Å². The molecule has 0 bridgehead atoms. The maximum atomic E-state index is 13.8. The van der Waals surface area contributed by atoms with Crippen molar-refractivity contribution in [3.63, 3.8) is 0 Å². The predicted molar refractivity (Wildman–Crippen MR) is 87.9 cm³/mol. The predicted octanol–water partition coefficient (Wildman–Crippen LogP) is 5.53. The van der Waals surface area contributed by atoms with Crippen LogP contribution >= 0.6 is 28.1 Å². The number of nitrogens with one attached hydrogen (secondary N) is 1. The van der Waals surface area contributed by atoms with Crippen molar-refractivity contribution in [1.82, 2.24) is 9.55 Å². The lowest BCUT2D eigenvalue weighted by atomic mass is 9.85. The van der Waals surface area contributed by atoms with Crippen LogP contribution in [0.1, 0.15) is 27.7 Å². The molecule has 0 aliphatic heterocycles. The second kappa shape index (κ2) is 5.98.